The van der Waals surface area contributed by atoms with Crippen molar-refractivity contribution in [3.05, 3.63) is 0 Å². The Balaban J connectivity index is 1.84. The number of rotatable bonds is 3. The van der Waals surface area contributed by atoms with E-state index in [0.29, 0.717) is 19.0 Å². The van der Waals surface area contributed by atoms with Crippen molar-refractivity contribution in [2.45, 2.75) is 58.0 Å². The maximum atomic E-state index is 12.5. The van der Waals surface area contributed by atoms with Crippen molar-refractivity contribution >= 4 is 11.9 Å². The van der Waals surface area contributed by atoms with Crippen molar-refractivity contribution in [2.24, 2.45) is 17.8 Å². The average molecular weight is 297 g/mol. The summed E-state index contributed by atoms with van der Waals surface area (Å²) in [7, 11) is 0. The van der Waals surface area contributed by atoms with Crippen molar-refractivity contribution in [3.63, 3.8) is 0 Å². The summed E-state index contributed by atoms with van der Waals surface area (Å²) < 4.78 is 0. The number of piperidine rings is 1. The van der Waals surface area contributed by atoms with E-state index in [9.17, 15) is 14.7 Å². The van der Waals surface area contributed by atoms with Crippen LogP contribution in [0.5, 0.6) is 0 Å². The number of amides is 1. The maximum absolute atomic E-state index is 12.5. The van der Waals surface area contributed by atoms with Gasteiger partial charge < -0.3 is 15.1 Å². The molecule has 2 fully saturated rings. The summed E-state index contributed by atoms with van der Waals surface area (Å²) in [6.07, 6.45) is 4.38. The standard InChI is InChI=1S/C16H27NO4/c1-11(2)12-3-5-13(6-4-12)14(18)17-9-7-16(21,8-10-17)15(19)20/h11-13,21H,3-10H2,1-2H3,(H,19,20). The Labute approximate surface area is 126 Å². The molecule has 0 radical (unpaired) electrons. The molecule has 2 N–H and O–H groups in total. The van der Waals surface area contributed by atoms with Gasteiger partial charge in [-0.25, -0.2) is 4.79 Å². The molecular formula is C16H27NO4. The van der Waals surface area contributed by atoms with Gasteiger partial charge >= 0.3 is 5.97 Å². The van der Waals surface area contributed by atoms with Gasteiger partial charge in [0.25, 0.3) is 0 Å². The van der Waals surface area contributed by atoms with Gasteiger partial charge in [-0.15, -0.1) is 0 Å². The van der Waals surface area contributed by atoms with E-state index < -0.39 is 11.6 Å². The molecule has 1 aliphatic heterocycles. The molecule has 0 unspecified atom stereocenters. The lowest BCUT2D eigenvalue weighted by Crippen LogP contribution is -2.52. The Morgan fingerprint density at radius 1 is 1.10 bits per heavy atom. The normalized spacial score (nSPS) is 29.4. The van der Waals surface area contributed by atoms with Crippen LogP contribution in [0.25, 0.3) is 0 Å². The van der Waals surface area contributed by atoms with Crippen LogP contribution in [0.3, 0.4) is 0 Å². The van der Waals surface area contributed by atoms with Crippen molar-refractivity contribution in [3.8, 4) is 0 Å². The molecule has 1 saturated heterocycles. The van der Waals surface area contributed by atoms with Crippen LogP contribution >= 0.6 is 0 Å². The molecule has 0 aromatic rings. The number of hydrogen-bond donors (Lipinski definition) is 2. The van der Waals surface area contributed by atoms with Gasteiger partial charge in [0, 0.05) is 31.8 Å². The molecule has 1 saturated carbocycles. The topological polar surface area (TPSA) is 77.8 Å². The molecule has 5 heteroatoms. The molecule has 21 heavy (non-hydrogen) atoms. The highest BCUT2D eigenvalue weighted by Gasteiger charge is 2.41. The number of carbonyl (C=O) groups is 2. The lowest BCUT2D eigenvalue weighted by molar-refractivity contribution is -0.166. The first-order valence-electron chi connectivity index (χ1n) is 8.08. The molecule has 1 aliphatic carbocycles. The number of carbonyl (C=O) groups excluding carboxylic acids is 1. The van der Waals surface area contributed by atoms with Crippen molar-refractivity contribution < 1.29 is 19.8 Å². The van der Waals surface area contributed by atoms with E-state index in [0.717, 1.165) is 31.6 Å². The molecule has 1 amide bonds. The van der Waals surface area contributed by atoms with Crippen molar-refractivity contribution in [1.82, 2.24) is 4.90 Å². The fourth-order valence-electron chi connectivity index (χ4n) is 3.60. The van der Waals surface area contributed by atoms with E-state index >= 15 is 0 Å². The zero-order valence-corrected chi connectivity index (χ0v) is 13.0. The van der Waals surface area contributed by atoms with Crippen LogP contribution in [0.4, 0.5) is 0 Å². The first-order valence-corrected chi connectivity index (χ1v) is 8.08. The molecule has 0 aromatic carbocycles. The minimum absolute atomic E-state index is 0.0935. The van der Waals surface area contributed by atoms with Crippen molar-refractivity contribution in [1.29, 1.82) is 0 Å². The average Bonchev–Trinajstić information content (AvgIpc) is 2.47. The van der Waals surface area contributed by atoms with Crippen LogP contribution in [0, 0.1) is 17.8 Å². The quantitative estimate of drug-likeness (QED) is 0.834. The van der Waals surface area contributed by atoms with Gasteiger partial charge in [-0.3, -0.25) is 4.79 Å². The fourth-order valence-corrected chi connectivity index (χ4v) is 3.60. The van der Waals surface area contributed by atoms with E-state index in [1.54, 1.807) is 4.90 Å². The smallest absolute Gasteiger partial charge is 0.335 e. The summed E-state index contributed by atoms with van der Waals surface area (Å²) in [4.78, 5) is 25.3. The molecule has 0 atom stereocenters. The number of aliphatic hydroxyl groups is 1. The Morgan fingerprint density at radius 2 is 1.62 bits per heavy atom. The van der Waals surface area contributed by atoms with Gasteiger partial charge in [-0.1, -0.05) is 13.8 Å². The van der Waals surface area contributed by atoms with Gasteiger partial charge in [0.05, 0.1) is 0 Å². The van der Waals surface area contributed by atoms with Gasteiger partial charge in [0.1, 0.15) is 0 Å². The highest BCUT2D eigenvalue weighted by molar-refractivity contribution is 5.81. The molecule has 120 valence electrons. The number of nitrogens with zero attached hydrogens (tertiary/aromatic N) is 1. The van der Waals surface area contributed by atoms with Gasteiger partial charge in [-0.2, -0.15) is 0 Å². The van der Waals surface area contributed by atoms with Gasteiger partial charge in [0.15, 0.2) is 5.60 Å². The van der Waals surface area contributed by atoms with E-state index in [-0.39, 0.29) is 24.7 Å². The Bertz CT molecular complexity index is 391. The monoisotopic (exact) mass is 297 g/mol. The summed E-state index contributed by atoms with van der Waals surface area (Å²) in [6.45, 7) is 5.19. The van der Waals surface area contributed by atoms with Gasteiger partial charge in [0.2, 0.25) is 5.91 Å². The first kappa shape index (κ1) is 16.3. The molecule has 2 aliphatic rings. The maximum Gasteiger partial charge on any atom is 0.335 e. The first-order chi connectivity index (χ1) is 9.83. The second kappa shape index (κ2) is 6.34. The third-order valence-corrected chi connectivity index (χ3v) is 5.36. The third kappa shape index (κ3) is 3.57. The molecule has 0 spiro atoms. The summed E-state index contributed by atoms with van der Waals surface area (Å²) >= 11 is 0. The van der Waals surface area contributed by atoms with Gasteiger partial charge in [-0.05, 0) is 37.5 Å². The van der Waals surface area contributed by atoms with E-state index in [1.165, 1.54) is 0 Å². The predicted octanol–water partition coefficient (Wildman–Crippen LogP) is 1.89. The third-order valence-electron chi connectivity index (χ3n) is 5.36. The zero-order chi connectivity index (χ0) is 15.6. The van der Waals surface area contributed by atoms with Crippen LogP contribution in [0.15, 0.2) is 0 Å². The summed E-state index contributed by atoms with van der Waals surface area (Å²) in [5.74, 6) is 0.488. The molecule has 0 aromatic heterocycles. The largest absolute Gasteiger partial charge is 0.479 e. The zero-order valence-electron chi connectivity index (χ0n) is 13.0. The molecule has 1 heterocycles. The van der Waals surface area contributed by atoms with E-state index in [2.05, 4.69) is 13.8 Å². The SMILES string of the molecule is CC(C)C1CCC(C(=O)N2CCC(O)(C(=O)O)CC2)CC1. The Kier molecular flexibility index (Phi) is 4.91. The molecule has 5 nitrogen and oxygen atoms in total. The van der Waals surface area contributed by atoms with E-state index in [4.69, 9.17) is 5.11 Å². The Hall–Kier alpha value is -1.10. The number of likely N-dealkylation sites (tertiary alicyclic amines) is 1. The fraction of sp³-hybridized carbons (Fsp3) is 0.875. The predicted molar refractivity (Wildman–Crippen MR) is 78.7 cm³/mol. The second-order valence-corrected chi connectivity index (χ2v) is 7.02. The summed E-state index contributed by atoms with van der Waals surface area (Å²) in [5.41, 5.74) is -1.65. The highest BCUT2D eigenvalue weighted by atomic mass is 16.4. The highest BCUT2D eigenvalue weighted by Crippen LogP contribution is 2.35. The lowest BCUT2D eigenvalue weighted by Gasteiger charge is -2.38. The van der Waals surface area contributed by atoms with Crippen molar-refractivity contribution in [2.75, 3.05) is 13.1 Å². The number of carboxylic acid groups (broad SMARTS) is 1. The minimum Gasteiger partial charge on any atom is -0.479 e. The Morgan fingerprint density at radius 3 is 2.05 bits per heavy atom. The van der Waals surface area contributed by atoms with Crippen LogP contribution in [0.1, 0.15) is 52.4 Å². The molecule has 0 bridgehead atoms. The molecule has 2 rings (SSSR count). The number of aliphatic carboxylic acids is 1. The van der Waals surface area contributed by atoms with Crippen LogP contribution in [0.2, 0.25) is 0 Å². The second-order valence-electron chi connectivity index (χ2n) is 7.02. The number of carboxylic acids is 1. The van der Waals surface area contributed by atoms with Crippen LogP contribution < -0.4 is 0 Å². The number of hydrogen-bond acceptors (Lipinski definition) is 3. The lowest BCUT2D eigenvalue weighted by atomic mass is 9.76. The minimum atomic E-state index is -1.65. The van der Waals surface area contributed by atoms with E-state index in [1.807, 2.05) is 0 Å². The van der Waals surface area contributed by atoms with Crippen LogP contribution in [-0.4, -0.2) is 45.7 Å². The molecular weight excluding hydrogens is 270 g/mol. The summed E-state index contributed by atoms with van der Waals surface area (Å²) in [6, 6.07) is 0. The van der Waals surface area contributed by atoms with Crippen LogP contribution in [-0.2, 0) is 9.59 Å². The summed E-state index contributed by atoms with van der Waals surface area (Å²) in [5, 5.41) is 18.9.